The van der Waals surface area contributed by atoms with Crippen molar-refractivity contribution in [3.05, 3.63) is 46.2 Å². The quantitative estimate of drug-likeness (QED) is 0.807. The van der Waals surface area contributed by atoms with Crippen molar-refractivity contribution < 1.29 is 18.0 Å². The third kappa shape index (κ3) is 2.92. The number of carbonyl (C=O) groups excluding carboxylic acids is 1. The van der Waals surface area contributed by atoms with Crippen LogP contribution in [0.1, 0.15) is 20.2 Å². The number of aromatic nitrogens is 2. The second-order valence-electron chi connectivity index (χ2n) is 3.48. The maximum absolute atomic E-state index is 12.3. The minimum atomic E-state index is -4.50. The van der Waals surface area contributed by atoms with Gasteiger partial charge in [0.2, 0.25) is 0 Å². The molecule has 3 nitrogen and oxygen atoms in total. The van der Waals surface area contributed by atoms with Gasteiger partial charge in [0.25, 0.3) is 0 Å². The lowest BCUT2D eigenvalue weighted by Gasteiger charge is -1.99. The molecule has 2 heterocycles. The van der Waals surface area contributed by atoms with Gasteiger partial charge >= 0.3 is 6.18 Å². The number of alkyl halides is 3. The minimum Gasteiger partial charge on any atom is -0.293 e. The topological polar surface area (TPSA) is 42.9 Å². The standard InChI is InChI=1S/C11H7F3N2OS/c12-11(13,14)10-16-6-9(18-10)8(17)5-7-1-3-15-4-2-7/h1-4,6H,5H2. The van der Waals surface area contributed by atoms with E-state index in [4.69, 9.17) is 0 Å². The van der Waals surface area contributed by atoms with E-state index in [0.29, 0.717) is 16.9 Å². The molecule has 0 aromatic carbocycles. The van der Waals surface area contributed by atoms with Crippen LogP contribution in [0.25, 0.3) is 0 Å². The Morgan fingerprint density at radius 3 is 2.50 bits per heavy atom. The zero-order valence-corrected chi connectivity index (χ0v) is 9.76. The largest absolute Gasteiger partial charge is 0.443 e. The molecule has 94 valence electrons. The molecule has 0 bridgehead atoms. The average molecular weight is 272 g/mol. The molecule has 0 saturated heterocycles. The first-order valence-corrected chi connectivity index (χ1v) is 5.73. The van der Waals surface area contributed by atoms with Gasteiger partial charge in [-0.2, -0.15) is 13.2 Å². The predicted octanol–water partition coefficient (Wildman–Crippen LogP) is 2.98. The average Bonchev–Trinajstić information content (AvgIpc) is 2.79. The van der Waals surface area contributed by atoms with Gasteiger partial charge in [-0.1, -0.05) is 0 Å². The van der Waals surface area contributed by atoms with Crippen molar-refractivity contribution in [1.29, 1.82) is 0 Å². The van der Waals surface area contributed by atoms with Crippen molar-refractivity contribution in [1.82, 2.24) is 9.97 Å². The zero-order chi connectivity index (χ0) is 13.2. The lowest BCUT2D eigenvalue weighted by Crippen LogP contribution is -2.03. The summed E-state index contributed by atoms with van der Waals surface area (Å²) in [5.41, 5.74) is 0.706. The van der Waals surface area contributed by atoms with E-state index in [-0.39, 0.29) is 17.1 Å². The molecule has 0 amide bonds. The Morgan fingerprint density at radius 2 is 1.94 bits per heavy atom. The van der Waals surface area contributed by atoms with E-state index in [9.17, 15) is 18.0 Å². The van der Waals surface area contributed by atoms with Gasteiger partial charge in [0.1, 0.15) is 0 Å². The molecular weight excluding hydrogens is 265 g/mol. The molecule has 18 heavy (non-hydrogen) atoms. The summed E-state index contributed by atoms with van der Waals surface area (Å²) in [6.45, 7) is 0. The summed E-state index contributed by atoms with van der Waals surface area (Å²) in [4.78, 5) is 18.8. The van der Waals surface area contributed by atoms with Gasteiger partial charge in [-0.25, -0.2) is 4.98 Å². The monoisotopic (exact) mass is 272 g/mol. The molecule has 0 unspecified atom stereocenters. The van der Waals surface area contributed by atoms with E-state index < -0.39 is 11.2 Å². The first-order valence-electron chi connectivity index (χ1n) is 4.92. The van der Waals surface area contributed by atoms with Crippen LogP contribution in [-0.4, -0.2) is 15.8 Å². The van der Waals surface area contributed by atoms with Crippen LogP contribution in [0.4, 0.5) is 13.2 Å². The van der Waals surface area contributed by atoms with Gasteiger partial charge in [0, 0.05) is 25.0 Å². The van der Waals surface area contributed by atoms with E-state index in [1.807, 2.05) is 0 Å². The van der Waals surface area contributed by atoms with Crippen molar-refractivity contribution in [2.45, 2.75) is 12.6 Å². The second-order valence-corrected chi connectivity index (χ2v) is 4.51. The smallest absolute Gasteiger partial charge is 0.293 e. The zero-order valence-electron chi connectivity index (χ0n) is 8.94. The maximum atomic E-state index is 12.3. The van der Waals surface area contributed by atoms with Crippen molar-refractivity contribution in [2.75, 3.05) is 0 Å². The highest BCUT2D eigenvalue weighted by Crippen LogP contribution is 2.32. The fourth-order valence-electron chi connectivity index (χ4n) is 1.31. The van der Waals surface area contributed by atoms with Crippen LogP contribution in [0.3, 0.4) is 0 Å². The first-order chi connectivity index (χ1) is 8.47. The predicted molar refractivity (Wildman–Crippen MR) is 59.4 cm³/mol. The summed E-state index contributed by atoms with van der Waals surface area (Å²) in [5, 5.41) is -0.999. The number of hydrogen-bond donors (Lipinski definition) is 0. The summed E-state index contributed by atoms with van der Waals surface area (Å²) in [5.74, 6) is -0.380. The summed E-state index contributed by atoms with van der Waals surface area (Å²) in [6.07, 6.45) is -0.439. The third-order valence-electron chi connectivity index (χ3n) is 2.14. The lowest BCUT2D eigenvalue weighted by molar-refractivity contribution is -0.137. The van der Waals surface area contributed by atoms with Crippen LogP contribution in [0, 0.1) is 0 Å². The van der Waals surface area contributed by atoms with Gasteiger partial charge < -0.3 is 0 Å². The van der Waals surface area contributed by atoms with Crippen LogP contribution < -0.4 is 0 Å². The molecule has 7 heteroatoms. The SMILES string of the molecule is O=C(Cc1ccncc1)c1cnc(C(F)(F)F)s1. The number of carbonyl (C=O) groups is 1. The molecule has 0 atom stereocenters. The molecule has 2 aromatic heterocycles. The molecule has 0 aliphatic carbocycles. The molecule has 0 aliphatic rings. The van der Waals surface area contributed by atoms with E-state index in [2.05, 4.69) is 9.97 Å². The molecule has 0 spiro atoms. The van der Waals surface area contributed by atoms with Crippen LogP contribution in [0.15, 0.2) is 30.7 Å². The Bertz CT molecular complexity index is 551. The van der Waals surface area contributed by atoms with Gasteiger partial charge in [-0.3, -0.25) is 9.78 Å². The summed E-state index contributed by atoms with van der Waals surface area (Å²) in [7, 11) is 0. The number of hydrogen-bond acceptors (Lipinski definition) is 4. The summed E-state index contributed by atoms with van der Waals surface area (Å²) >= 11 is 0.366. The van der Waals surface area contributed by atoms with Crippen LogP contribution >= 0.6 is 11.3 Å². The summed E-state index contributed by atoms with van der Waals surface area (Å²) < 4.78 is 37.0. The Kier molecular flexibility index (Phi) is 3.42. The maximum Gasteiger partial charge on any atom is 0.443 e. The Hall–Kier alpha value is -1.76. The molecule has 0 radical (unpaired) electrons. The molecule has 0 saturated carbocycles. The number of pyridine rings is 1. The van der Waals surface area contributed by atoms with Gasteiger partial charge in [0.15, 0.2) is 10.8 Å². The number of ketones is 1. The number of Topliss-reactive ketones (excluding diaryl/α,β-unsaturated/α-hetero) is 1. The molecule has 0 N–H and O–H groups in total. The molecule has 2 aromatic rings. The summed E-state index contributed by atoms with van der Waals surface area (Å²) in [6, 6.07) is 3.28. The Labute approximate surface area is 104 Å². The normalized spacial score (nSPS) is 11.5. The number of thiazole rings is 1. The lowest BCUT2D eigenvalue weighted by atomic mass is 10.1. The van der Waals surface area contributed by atoms with E-state index in [1.165, 1.54) is 12.4 Å². The molecular formula is C11H7F3N2OS. The van der Waals surface area contributed by atoms with Gasteiger partial charge in [-0.05, 0) is 17.7 Å². The fourth-order valence-corrected chi connectivity index (χ4v) is 2.03. The van der Waals surface area contributed by atoms with Crippen molar-refractivity contribution in [2.24, 2.45) is 0 Å². The van der Waals surface area contributed by atoms with Crippen LogP contribution in [0.5, 0.6) is 0 Å². The third-order valence-corrected chi connectivity index (χ3v) is 3.22. The second kappa shape index (κ2) is 4.85. The van der Waals surface area contributed by atoms with Gasteiger partial charge in [-0.15, -0.1) is 11.3 Å². The van der Waals surface area contributed by atoms with Crippen molar-refractivity contribution in [3.63, 3.8) is 0 Å². The van der Waals surface area contributed by atoms with Crippen LogP contribution in [-0.2, 0) is 12.6 Å². The molecule has 0 fully saturated rings. The van der Waals surface area contributed by atoms with Gasteiger partial charge in [0.05, 0.1) is 4.88 Å². The first kappa shape index (κ1) is 12.7. The van der Waals surface area contributed by atoms with Crippen LogP contribution in [0.2, 0.25) is 0 Å². The minimum absolute atomic E-state index is 0.0131. The number of nitrogens with zero attached hydrogens (tertiary/aromatic N) is 2. The highest BCUT2D eigenvalue weighted by atomic mass is 32.1. The molecule has 2 rings (SSSR count). The van der Waals surface area contributed by atoms with Crippen molar-refractivity contribution in [3.8, 4) is 0 Å². The Morgan fingerprint density at radius 1 is 1.28 bits per heavy atom. The number of rotatable bonds is 3. The fraction of sp³-hybridized carbons (Fsp3) is 0.182. The van der Waals surface area contributed by atoms with E-state index >= 15 is 0 Å². The highest BCUT2D eigenvalue weighted by molar-refractivity contribution is 7.13. The Balaban J connectivity index is 2.13. The molecule has 0 aliphatic heterocycles. The highest BCUT2D eigenvalue weighted by Gasteiger charge is 2.35. The van der Waals surface area contributed by atoms with E-state index in [0.717, 1.165) is 6.20 Å². The van der Waals surface area contributed by atoms with Crippen molar-refractivity contribution >= 4 is 17.1 Å². The van der Waals surface area contributed by atoms with E-state index in [1.54, 1.807) is 12.1 Å². The number of halogens is 3.